The number of fused-ring (bicyclic) bond motifs is 1. The average molecular weight is 368 g/mol. The molecule has 7 heteroatoms. The number of likely N-dealkylation sites (N-methyl/N-ethyl adjacent to an activating group) is 1. The Kier molecular flexibility index (Phi) is 4.72. The Balaban J connectivity index is 1.45. The minimum atomic E-state index is 0.104. The fourth-order valence-corrected chi connectivity index (χ4v) is 4.06. The molecule has 0 N–H and O–H groups in total. The van der Waals surface area contributed by atoms with Crippen LogP contribution in [0.4, 0.5) is 0 Å². The number of aryl methyl sites for hydroxylation is 1. The number of aromatic nitrogens is 4. The number of carbonyl (C=O) groups excluding carboxylic acids is 1. The standard InChI is InChI=1S/C20H28N6O/c1-13-14(2)23-26(15(13)3)12-19(27)25-8-6-18-17(11-25)9-21-20(22-18)16-5-7-24(4)10-16/h9,16H,5-8,10-12H2,1-4H3. The molecular weight excluding hydrogens is 340 g/mol. The molecule has 0 saturated carbocycles. The Morgan fingerprint density at radius 1 is 1.26 bits per heavy atom. The maximum absolute atomic E-state index is 12.8. The Morgan fingerprint density at radius 2 is 2.07 bits per heavy atom. The minimum absolute atomic E-state index is 0.104. The average Bonchev–Trinajstić information content (AvgIpc) is 3.20. The van der Waals surface area contributed by atoms with Gasteiger partial charge in [0, 0.05) is 49.4 Å². The molecular formula is C20H28N6O. The summed E-state index contributed by atoms with van der Waals surface area (Å²) in [5.74, 6) is 1.51. The number of hydrogen-bond acceptors (Lipinski definition) is 5. The van der Waals surface area contributed by atoms with Crippen molar-refractivity contribution < 1.29 is 4.79 Å². The maximum Gasteiger partial charge on any atom is 0.244 e. The lowest BCUT2D eigenvalue weighted by Gasteiger charge is -2.28. The van der Waals surface area contributed by atoms with Gasteiger partial charge < -0.3 is 9.80 Å². The fourth-order valence-electron chi connectivity index (χ4n) is 4.06. The summed E-state index contributed by atoms with van der Waals surface area (Å²) in [6.45, 7) is 9.80. The third-order valence-corrected chi connectivity index (χ3v) is 6.09. The van der Waals surface area contributed by atoms with Gasteiger partial charge in [0.2, 0.25) is 5.91 Å². The highest BCUT2D eigenvalue weighted by Gasteiger charge is 2.27. The van der Waals surface area contributed by atoms with Crippen molar-refractivity contribution in [2.24, 2.45) is 0 Å². The van der Waals surface area contributed by atoms with E-state index in [4.69, 9.17) is 4.98 Å². The van der Waals surface area contributed by atoms with Gasteiger partial charge in [0.05, 0.1) is 11.4 Å². The van der Waals surface area contributed by atoms with Gasteiger partial charge in [-0.3, -0.25) is 9.48 Å². The monoisotopic (exact) mass is 368 g/mol. The summed E-state index contributed by atoms with van der Waals surface area (Å²) in [5, 5.41) is 4.49. The fraction of sp³-hybridized carbons (Fsp3) is 0.600. The molecule has 7 nitrogen and oxygen atoms in total. The van der Waals surface area contributed by atoms with Crippen molar-refractivity contribution in [3.8, 4) is 0 Å². The van der Waals surface area contributed by atoms with Crippen LogP contribution in [0.2, 0.25) is 0 Å². The van der Waals surface area contributed by atoms with E-state index in [1.165, 1.54) is 0 Å². The van der Waals surface area contributed by atoms with Gasteiger partial charge in [-0.1, -0.05) is 0 Å². The summed E-state index contributed by atoms with van der Waals surface area (Å²) in [6.07, 6.45) is 3.86. The van der Waals surface area contributed by atoms with Crippen molar-refractivity contribution in [3.63, 3.8) is 0 Å². The molecule has 2 aliphatic rings. The topological polar surface area (TPSA) is 67.2 Å². The van der Waals surface area contributed by atoms with E-state index in [9.17, 15) is 4.79 Å². The molecule has 1 fully saturated rings. The van der Waals surface area contributed by atoms with Crippen LogP contribution in [0.1, 0.15) is 46.4 Å². The molecule has 0 spiro atoms. The van der Waals surface area contributed by atoms with Crippen molar-refractivity contribution in [1.82, 2.24) is 29.5 Å². The van der Waals surface area contributed by atoms with Gasteiger partial charge >= 0.3 is 0 Å². The predicted molar refractivity (Wildman–Crippen MR) is 102 cm³/mol. The Hall–Kier alpha value is -2.28. The summed E-state index contributed by atoms with van der Waals surface area (Å²) in [5.41, 5.74) is 5.40. The Labute approximate surface area is 160 Å². The highest BCUT2D eigenvalue weighted by molar-refractivity contribution is 5.76. The van der Waals surface area contributed by atoms with Gasteiger partial charge in [0.1, 0.15) is 12.4 Å². The van der Waals surface area contributed by atoms with Crippen LogP contribution in [0.5, 0.6) is 0 Å². The molecule has 4 rings (SSSR count). The van der Waals surface area contributed by atoms with E-state index in [2.05, 4.69) is 22.0 Å². The molecule has 0 radical (unpaired) electrons. The highest BCUT2D eigenvalue weighted by atomic mass is 16.2. The zero-order valence-corrected chi connectivity index (χ0v) is 16.7. The van der Waals surface area contributed by atoms with E-state index >= 15 is 0 Å². The molecule has 1 amide bonds. The lowest BCUT2D eigenvalue weighted by atomic mass is 10.0. The first-order valence-electron chi connectivity index (χ1n) is 9.74. The third kappa shape index (κ3) is 3.48. The molecule has 27 heavy (non-hydrogen) atoms. The van der Waals surface area contributed by atoms with Gasteiger partial charge in [0.25, 0.3) is 0 Å². The van der Waals surface area contributed by atoms with E-state index in [-0.39, 0.29) is 5.91 Å². The largest absolute Gasteiger partial charge is 0.336 e. The van der Waals surface area contributed by atoms with E-state index in [1.807, 2.05) is 36.5 Å². The van der Waals surface area contributed by atoms with Crippen LogP contribution in [0.15, 0.2) is 6.20 Å². The van der Waals surface area contributed by atoms with Gasteiger partial charge in [0.15, 0.2) is 0 Å². The smallest absolute Gasteiger partial charge is 0.244 e. The molecule has 2 aromatic heterocycles. The first-order chi connectivity index (χ1) is 12.9. The van der Waals surface area contributed by atoms with Gasteiger partial charge in [-0.2, -0.15) is 5.10 Å². The minimum Gasteiger partial charge on any atom is -0.336 e. The van der Waals surface area contributed by atoms with Gasteiger partial charge in [-0.15, -0.1) is 0 Å². The van der Waals surface area contributed by atoms with Gasteiger partial charge in [-0.05, 0) is 46.3 Å². The van der Waals surface area contributed by atoms with Crippen LogP contribution < -0.4 is 0 Å². The Bertz CT molecular complexity index is 874. The second-order valence-corrected chi connectivity index (χ2v) is 7.97. The summed E-state index contributed by atoms with van der Waals surface area (Å²) in [6, 6.07) is 0. The molecule has 1 saturated heterocycles. The summed E-state index contributed by atoms with van der Waals surface area (Å²) in [7, 11) is 2.15. The highest BCUT2D eigenvalue weighted by Crippen LogP contribution is 2.25. The number of hydrogen-bond donors (Lipinski definition) is 0. The molecule has 0 aromatic carbocycles. The van der Waals surface area contributed by atoms with Crippen LogP contribution in [0, 0.1) is 20.8 Å². The van der Waals surface area contributed by atoms with Crippen LogP contribution >= 0.6 is 0 Å². The quantitative estimate of drug-likeness (QED) is 0.823. The first kappa shape index (κ1) is 18.1. The SMILES string of the molecule is Cc1nn(CC(=O)N2CCc3nc(C4CCN(C)C4)ncc3C2)c(C)c1C. The number of amides is 1. The van der Waals surface area contributed by atoms with Crippen LogP contribution in [0.25, 0.3) is 0 Å². The molecule has 144 valence electrons. The number of rotatable bonds is 3. The van der Waals surface area contributed by atoms with Crippen molar-refractivity contribution in [2.75, 3.05) is 26.7 Å². The molecule has 0 bridgehead atoms. The molecule has 0 aliphatic carbocycles. The zero-order valence-electron chi connectivity index (χ0n) is 16.7. The van der Waals surface area contributed by atoms with Crippen LogP contribution in [0.3, 0.4) is 0 Å². The summed E-state index contributed by atoms with van der Waals surface area (Å²) >= 11 is 0. The predicted octanol–water partition coefficient (Wildman–Crippen LogP) is 1.60. The third-order valence-electron chi connectivity index (χ3n) is 6.09. The summed E-state index contributed by atoms with van der Waals surface area (Å²) < 4.78 is 1.82. The second-order valence-electron chi connectivity index (χ2n) is 7.97. The second kappa shape index (κ2) is 7.03. The normalized spacial score (nSPS) is 20.1. The van der Waals surface area contributed by atoms with E-state index < -0.39 is 0 Å². The molecule has 2 aliphatic heterocycles. The van der Waals surface area contributed by atoms with Crippen molar-refractivity contribution in [3.05, 3.63) is 40.2 Å². The van der Waals surface area contributed by atoms with E-state index in [1.54, 1.807) is 0 Å². The van der Waals surface area contributed by atoms with Gasteiger partial charge in [-0.25, -0.2) is 9.97 Å². The van der Waals surface area contributed by atoms with Crippen LogP contribution in [-0.4, -0.2) is 62.1 Å². The number of nitrogens with zero attached hydrogens (tertiary/aromatic N) is 6. The van der Waals surface area contributed by atoms with E-state index in [0.717, 1.165) is 60.0 Å². The maximum atomic E-state index is 12.8. The molecule has 1 unspecified atom stereocenters. The van der Waals surface area contributed by atoms with Crippen LogP contribution in [-0.2, 0) is 24.3 Å². The number of carbonyl (C=O) groups is 1. The Morgan fingerprint density at radius 3 is 2.74 bits per heavy atom. The molecule has 1 atom stereocenters. The zero-order chi connectivity index (χ0) is 19.1. The lowest BCUT2D eigenvalue weighted by molar-refractivity contribution is -0.133. The molecule has 2 aromatic rings. The summed E-state index contributed by atoms with van der Waals surface area (Å²) in [4.78, 5) is 26.5. The van der Waals surface area contributed by atoms with E-state index in [0.29, 0.717) is 25.6 Å². The van der Waals surface area contributed by atoms with Crippen molar-refractivity contribution in [2.45, 2.75) is 52.6 Å². The molecule has 4 heterocycles. The lowest BCUT2D eigenvalue weighted by Crippen LogP contribution is -2.39. The first-order valence-corrected chi connectivity index (χ1v) is 9.74. The number of likely N-dealkylation sites (tertiary alicyclic amines) is 1. The van der Waals surface area contributed by atoms with Crippen molar-refractivity contribution >= 4 is 5.91 Å². The van der Waals surface area contributed by atoms with Crippen molar-refractivity contribution in [1.29, 1.82) is 0 Å².